The Kier molecular flexibility index (Phi) is 5.82. The van der Waals surface area contributed by atoms with Crippen LogP contribution in [-0.2, 0) is 17.7 Å². The maximum atomic E-state index is 13.8. The standard InChI is InChI=1S/C15H20ClFN2O2/c1-3-21-8-4-7-19-13-10-14(20-2)11(17)9-12(13)18-15(19)5-6-16/h9-10H,3-8H2,1-2H3. The van der Waals surface area contributed by atoms with Crippen LogP contribution in [-0.4, -0.2) is 35.8 Å². The fraction of sp³-hybridized carbons (Fsp3) is 0.533. The van der Waals surface area contributed by atoms with Gasteiger partial charge in [0.25, 0.3) is 0 Å². The maximum Gasteiger partial charge on any atom is 0.167 e. The van der Waals surface area contributed by atoms with E-state index < -0.39 is 5.82 Å². The molecule has 0 fully saturated rings. The zero-order valence-corrected chi connectivity index (χ0v) is 13.1. The number of rotatable bonds is 8. The largest absolute Gasteiger partial charge is 0.494 e. The number of benzene rings is 1. The van der Waals surface area contributed by atoms with E-state index in [0.29, 0.717) is 31.0 Å². The molecule has 0 bridgehead atoms. The summed E-state index contributed by atoms with van der Waals surface area (Å²) >= 11 is 5.83. The highest BCUT2D eigenvalue weighted by Gasteiger charge is 2.14. The molecule has 6 heteroatoms. The van der Waals surface area contributed by atoms with Crippen LogP contribution in [0.3, 0.4) is 0 Å². The minimum Gasteiger partial charge on any atom is -0.494 e. The Morgan fingerprint density at radius 3 is 2.86 bits per heavy atom. The van der Waals surface area contributed by atoms with Gasteiger partial charge in [0, 0.05) is 44.2 Å². The first-order chi connectivity index (χ1) is 10.2. The number of imidazole rings is 1. The fourth-order valence-electron chi connectivity index (χ4n) is 2.33. The van der Waals surface area contributed by atoms with E-state index in [9.17, 15) is 4.39 Å². The van der Waals surface area contributed by atoms with Crippen molar-refractivity contribution in [2.75, 3.05) is 26.2 Å². The number of aryl methyl sites for hydroxylation is 2. The van der Waals surface area contributed by atoms with E-state index in [1.807, 2.05) is 6.92 Å². The van der Waals surface area contributed by atoms with E-state index in [4.69, 9.17) is 21.1 Å². The molecule has 0 spiro atoms. The molecule has 1 heterocycles. The highest BCUT2D eigenvalue weighted by Crippen LogP contribution is 2.26. The third kappa shape index (κ3) is 3.66. The van der Waals surface area contributed by atoms with Gasteiger partial charge in [0.15, 0.2) is 11.6 Å². The molecule has 0 saturated heterocycles. The zero-order chi connectivity index (χ0) is 15.2. The molecule has 1 aromatic heterocycles. The van der Waals surface area contributed by atoms with Gasteiger partial charge in [0.05, 0.1) is 18.1 Å². The van der Waals surface area contributed by atoms with Gasteiger partial charge >= 0.3 is 0 Å². The van der Waals surface area contributed by atoms with E-state index in [1.54, 1.807) is 6.07 Å². The van der Waals surface area contributed by atoms with Crippen molar-refractivity contribution in [1.29, 1.82) is 0 Å². The van der Waals surface area contributed by atoms with Crippen LogP contribution in [0.1, 0.15) is 19.2 Å². The highest BCUT2D eigenvalue weighted by molar-refractivity contribution is 6.17. The van der Waals surface area contributed by atoms with Crippen molar-refractivity contribution in [3.8, 4) is 5.75 Å². The molecule has 4 nitrogen and oxygen atoms in total. The second kappa shape index (κ2) is 7.61. The summed E-state index contributed by atoms with van der Waals surface area (Å²) in [5.74, 6) is 1.17. The summed E-state index contributed by atoms with van der Waals surface area (Å²) in [5, 5.41) is 0. The molecule has 0 aliphatic heterocycles. The van der Waals surface area contributed by atoms with Gasteiger partial charge in [-0.3, -0.25) is 0 Å². The van der Waals surface area contributed by atoms with Crippen LogP contribution < -0.4 is 4.74 Å². The van der Waals surface area contributed by atoms with E-state index in [1.165, 1.54) is 13.2 Å². The number of nitrogens with zero attached hydrogens (tertiary/aromatic N) is 2. The molecular formula is C15H20ClFN2O2. The van der Waals surface area contributed by atoms with E-state index in [2.05, 4.69) is 9.55 Å². The van der Waals surface area contributed by atoms with Crippen molar-refractivity contribution in [2.24, 2.45) is 0 Å². The highest BCUT2D eigenvalue weighted by atomic mass is 35.5. The molecule has 0 aliphatic carbocycles. The van der Waals surface area contributed by atoms with Crippen molar-refractivity contribution < 1.29 is 13.9 Å². The molecule has 0 unspecified atom stereocenters. The SMILES string of the molecule is CCOCCCn1c(CCCl)nc2cc(F)c(OC)cc21. The molecule has 0 saturated carbocycles. The van der Waals surface area contributed by atoms with Crippen LogP contribution in [0.5, 0.6) is 5.75 Å². The summed E-state index contributed by atoms with van der Waals surface area (Å²) in [6.07, 6.45) is 1.52. The molecule has 21 heavy (non-hydrogen) atoms. The molecule has 2 aromatic rings. The molecular weight excluding hydrogens is 295 g/mol. The van der Waals surface area contributed by atoms with Gasteiger partial charge < -0.3 is 14.0 Å². The fourth-order valence-corrected chi connectivity index (χ4v) is 2.50. The second-order valence-corrected chi connectivity index (χ2v) is 5.02. The molecule has 116 valence electrons. The van der Waals surface area contributed by atoms with Crippen LogP contribution in [0, 0.1) is 5.82 Å². The Balaban J connectivity index is 2.35. The molecule has 0 atom stereocenters. The van der Waals surface area contributed by atoms with Crippen molar-refractivity contribution in [1.82, 2.24) is 9.55 Å². The van der Waals surface area contributed by atoms with Crippen LogP contribution in [0.2, 0.25) is 0 Å². The molecule has 0 aliphatic rings. The van der Waals surface area contributed by atoms with Gasteiger partial charge in [-0.05, 0) is 13.3 Å². The average molecular weight is 315 g/mol. The molecule has 0 amide bonds. The zero-order valence-electron chi connectivity index (χ0n) is 12.4. The first kappa shape index (κ1) is 16.0. The Morgan fingerprint density at radius 1 is 1.38 bits per heavy atom. The summed E-state index contributed by atoms with van der Waals surface area (Å²) in [6.45, 7) is 4.13. The van der Waals surface area contributed by atoms with Gasteiger partial charge in [0.2, 0.25) is 0 Å². The van der Waals surface area contributed by atoms with E-state index >= 15 is 0 Å². The summed E-state index contributed by atoms with van der Waals surface area (Å²) in [7, 11) is 1.46. The smallest absolute Gasteiger partial charge is 0.167 e. The minimum absolute atomic E-state index is 0.228. The molecule has 1 aromatic carbocycles. The van der Waals surface area contributed by atoms with Crippen LogP contribution in [0.25, 0.3) is 11.0 Å². The Morgan fingerprint density at radius 2 is 2.19 bits per heavy atom. The number of fused-ring (bicyclic) bond motifs is 1. The first-order valence-electron chi connectivity index (χ1n) is 7.07. The third-order valence-corrected chi connectivity index (χ3v) is 3.48. The normalized spacial score (nSPS) is 11.2. The van der Waals surface area contributed by atoms with E-state index in [0.717, 1.165) is 24.3 Å². The van der Waals surface area contributed by atoms with E-state index in [-0.39, 0.29) is 5.75 Å². The lowest BCUT2D eigenvalue weighted by atomic mass is 10.2. The topological polar surface area (TPSA) is 36.3 Å². The summed E-state index contributed by atoms with van der Waals surface area (Å²) < 4.78 is 26.3. The molecule has 0 radical (unpaired) electrons. The predicted molar refractivity (Wildman–Crippen MR) is 81.8 cm³/mol. The van der Waals surface area contributed by atoms with Crippen LogP contribution in [0.15, 0.2) is 12.1 Å². The van der Waals surface area contributed by atoms with Gasteiger partial charge in [-0.2, -0.15) is 0 Å². The number of hydrogen-bond acceptors (Lipinski definition) is 3. The Bertz CT molecular complexity index is 601. The predicted octanol–water partition coefficient (Wildman–Crippen LogP) is 3.39. The van der Waals surface area contributed by atoms with Crippen molar-refractivity contribution >= 4 is 22.6 Å². The molecule has 0 N–H and O–H groups in total. The van der Waals surface area contributed by atoms with Gasteiger partial charge in [-0.1, -0.05) is 0 Å². The Hall–Kier alpha value is -1.33. The van der Waals surface area contributed by atoms with Gasteiger partial charge in [-0.15, -0.1) is 11.6 Å². The van der Waals surface area contributed by atoms with Crippen LogP contribution >= 0.6 is 11.6 Å². The number of ether oxygens (including phenoxy) is 2. The quantitative estimate of drug-likeness (QED) is 0.553. The van der Waals surface area contributed by atoms with Crippen LogP contribution in [0.4, 0.5) is 4.39 Å². The lowest BCUT2D eigenvalue weighted by Gasteiger charge is -2.09. The monoisotopic (exact) mass is 314 g/mol. The minimum atomic E-state index is -0.401. The lowest BCUT2D eigenvalue weighted by molar-refractivity contribution is 0.141. The van der Waals surface area contributed by atoms with Crippen molar-refractivity contribution in [2.45, 2.75) is 26.3 Å². The lowest BCUT2D eigenvalue weighted by Crippen LogP contribution is -2.07. The molecule has 2 rings (SSSR count). The number of halogens is 2. The second-order valence-electron chi connectivity index (χ2n) is 4.64. The average Bonchev–Trinajstić information content (AvgIpc) is 2.79. The summed E-state index contributed by atoms with van der Waals surface area (Å²) in [5.41, 5.74) is 1.50. The van der Waals surface area contributed by atoms with Crippen molar-refractivity contribution in [3.63, 3.8) is 0 Å². The number of methoxy groups -OCH3 is 1. The number of aromatic nitrogens is 2. The summed E-state index contributed by atoms with van der Waals surface area (Å²) in [4.78, 5) is 4.48. The third-order valence-electron chi connectivity index (χ3n) is 3.29. The summed E-state index contributed by atoms with van der Waals surface area (Å²) in [6, 6.07) is 3.10. The Labute approximate surface area is 128 Å². The van der Waals surface area contributed by atoms with Crippen molar-refractivity contribution in [3.05, 3.63) is 23.8 Å². The van der Waals surface area contributed by atoms with Gasteiger partial charge in [0.1, 0.15) is 5.82 Å². The maximum absolute atomic E-state index is 13.8. The first-order valence-corrected chi connectivity index (χ1v) is 7.61. The van der Waals surface area contributed by atoms with Gasteiger partial charge in [-0.25, -0.2) is 9.37 Å². The number of hydrogen-bond donors (Lipinski definition) is 0. The number of alkyl halides is 1.